The number of rotatable bonds is 6. The molecule has 110 valence electrons. The fourth-order valence-corrected chi connectivity index (χ4v) is 2.82. The first-order valence-electron chi connectivity index (χ1n) is 7.40. The molecule has 0 spiro atoms. The third-order valence-corrected chi connectivity index (χ3v) is 3.81. The van der Waals surface area contributed by atoms with Crippen molar-refractivity contribution in [3.05, 3.63) is 59.7 Å². The van der Waals surface area contributed by atoms with Gasteiger partial charge in [0, 0.05) is 24.9 Å². The first-order chi connectivity index (χ1) is 10.3. The number of hydrogen-bond donors (Lipinski definition) is 1. The number of nitrogens with one attached hydrogen (secondary N) is 1. The van der Waals surface area contributed by atoms with Crippen LogP contribution >= 0.6 is 0 Å². The Hall–Kier alpha value is -2.00. The van der Waals surface area contributed by atoms with Crippen molar-refractivity contribution < 1.29 is 9.47 Å². The van der Waals surface area contributed by atoms with Crippen molar-refractivity contribution >= 4 is 5.69 Å². The zero-order valence-electron chi connectivity index (χ0n) is 12.3. The normalized spacial score (nSPS) is 14.0. The molecule has 0 fully saturated rings. The number of methoxy groups -OCH3 is 1. The van der Waals surface area contributed by atoms with Crippen LogP contribution in [0.1, 0.15) is 11.1 Å². The molecule has 0 heterocycles. The molecule has 0 atom stereocenters. The van der Waals surface area contributed by atoms with E-state index in [1.165, 1.54) is 11.1 Å². The Morgan fingerprint density at radius 3 is 2.48 bits per heavy atom. The summed E-state index contributed by atoms with van der Waals surface area (Å²) in [5.41, 5.74) is 4.03. The molecule has 3 heteroatoms. The van der Waals surface area contributed by atoms with Crippen molar-refractivity contribution in [2.45, 2.75) is 18.9 Å². The van der Waals surface area contributed by atoms with Gasteiger partial charge in [-0.05, 0) is 36.1 Å². The van der Waals surface area contributed by atoms with Crippen molar-refractivity contribution in [1.29, 1.82) is 0 Å². The van der Waals surface area contributed by atoms with E-state index in [0.717, 1.165) is 24.3 Å². The molecule has 0 aromatic heterocycles. The van der Waals surface area contributed by atoms with Gasteiger partial charge < -0.3 is 14.8 Å². The largest absolute Gasteiger partial charge is 0.491 e. The fourth-order valence-electron chi connectivity index (χ4n) is 2.82. The van der Waals surface area contributed by atoms with Gasteiger partial charge in [-0.25, -0.2) is 0 Å². The molecule has 1 aliphatic carbocycles. The highest BCUT2D eigenvalue weighted by Gasteiger charge is 2.20. The van der Waals surface area contributed by atoms with E-state index in [1.54, 1.807) is 7.11 Å². The maximum atomic E-state index is 5.65. The van der Waals surface area contributed by atoms with Crippen LogP contribution in [0.25, 0.3) is 0 Å². The second-order valence-electron chi connectivity index (χ2n) is 5.39. The molecule has 0 bridgehead atoms. The van der Waals surface area contributed by atoms with Crippen LogP contribution in [0.3, 0.4) is 0 Å². The number of fused-ring (bicyclic) bond motifs is 1. The maximum Gasteiger partial charge on any atom is 0.121 e. The van der Waals surface area contributed by atoms with E-state index >= 15 is 0 Å². The molecule has 0 saturated heterocycles. The van der Waals surface area contributed by atoms with E-state index in [9.17, 15) is 0 Å². The molecule has 0 unspecified atom stereocenters. The number of benzene rings is 2. The standard InChI is InChI=1S/C18H21NO2/c1-20-9-10-21-18-8-4-7-16(13-18)19-17-11-14-5-2-3-6-15(14)12-17/h2-8,13,17,19H,9-12H2,1H3. The summed E-state index contributed by atoms with van der Waals surface area (Å²) in [5, 5.41) is 3.61. The van der Waals surface area contributed by atoms with Gasteiger partial charge in [0.1, 0.15) is 12.4 Å². The lowest BCUT2D eigenvalue weighted by atomic mass is 10.1. The van der Waals surface area contributed by atoms with Crippen molar-refractivity contribution in [3.63, 3.8) is 0 Å². The summed E-state index contributed by atoms with van der Waals surface area (Å²) >= 11 is 0. The second kappa shape index (κ2) is 6.64. The highest BCUT2D eigenvalue weighted by atomic mass is 16.5. The molecule has 0 amide bonds. The Morgan fingerprint density at radius 1 is 1.00 bits per heavy atom. The molecule has 2 aromatic rings. The minimum atomic E-state index is 0.469. The fraction of sp³-hybridized carbons (Fsp3) is 0.333. The van der Waals surface area contributed by atoms with Crippen molar-refractivity contribution in [2.75, 3.05) is 25.6 Å². The van der Waals surface area contributed by atoms with Crippen LogP contribution in [0.5, 0.6) is 5.75 Å². The third kappa shape index (κ3) is 3.56. The number of anilines is 1. The lowest BCUT2D eigenvalue weighted by Gasteiger charge is -2.15. The molecule has 3 rings (SSSR count). The molecule has 21 heavy (non-hydrogen) atoms. The first-order valence-corrected chi connectivity index (χ1v) is 7.40. The van der Waals surface area contributed by atoms with Crippen molar-refractivity contribution in [3.8, 4) is 5.75 Å². The van der Waals surface area contributed by atoms with Crippen LogP contribution in [0.15, 0.2) is 48.5 Å². The van der Waals surface area contributed by atoms with Gasteiger partial charge in [-0.15, -0.1) is 0 Å². The van der Waals surface area contributed by atoms with Gasteiger partial charge in [-0.1, -0.05) is 30.3 Å². The van der Waals surface area contributed by atoms with E-state index in [1.807, 2.05) is 12.1 Å². The highest BCUT2D eigenvalue weighted by Crippen LogP contribution is 2.25. The topological polar surface area (TPSA) is 30.5 Å². The smallest absolute Gasteiger partial charge is 0.121 e. The van der Waals surface area contributed by atoms with Gasteiger partial charge in [-0.2, -0.15) is 0 Å². The van der Waals surface area contributed by atoms with Crippen molar-refractivity contribution in [2.24, 2.45) is 0 Å². The van der Waals surface area contributed by atoms with Gasteiger partial charge in [0.25, 0.3) is 0 Å². The molecule has 3 nitrogen and oxygen atoms in total. The summed E-state index contributed by atoms with van der Waals surface area (Å²) in [5.74, 6) is 0.882. The Balaban J connectivity index is 1.60. The van der Waals surface area contributed by atoms with Gasteiger partial charge in [0.2, 0.25) is 0 Å². The minimum Gasteiger partial charge on any atom is -0.491 e. The Bertz CT molecular complexity index is 572. The summed E-state index contributed by atoms with van der Waals surface area (Å²) in [4.78, 5) is 0. The average Bonchev–Trinajstić information content (AvgIpc) is 2.90. The molecular weight excluding hydrogens is 262 g/mol. The molecule has 0 saturated carbocycles. The highest BCUT2D eigenvalue weighted by molar-refractivity contribution is 5.50. The number of hydrogen-bond acceptors (Lipinski definition) is 3. The number of ether oxygens (including phenoxy) is 2. The Morgan fingerprint density at radius 2 is 1.76 bits per heavy atom. The predicted molar refractivity (Wildman–Crippen MR) is 85.1 cm³/mol. The summed E-state index contributed by atoms with van der Waals surface area (Å²) in [7, 11) is 1.68. The van der Waals surface area contributed by atoms with Crippen LogP contribution in [0, 0.1) is 0 Å². The minimum absolute atomic E-state index is 0.469. The van der Waals surface area contributed by atoms with Gasteiger partial charge in [0.05, 0.1) is 6.61 Å². The lowest BCUT2D eigenvalue weighted by molar-refractivity contribution is 0.146. The lowest BCUT2D eigenvalue weighted by Crippen LogP contribution is -2.19. The van der Waals surface area contributed by atoms with Crippen molar-refractivity contribution in [1.82, 2.24) is 0 Å². The summed E-state index contributed by atoms with van der Waals surface area (Å²) < 4.78 is 10.6. The third-order valence-electron chi connectivity index (χ3n) is 3.81. The maximum absolute atomic E-state index is 5.65. The average molecular weight is 283 g/mol. The Kier molecular flexibility index (Phi) is 4.41. The van der Waals surface area contributed by atoms with E-state index in [-0.39, 0.29) is 0 Å². The van der Waals surface area contributed by atoms with E-state index in [0.29, 0.717) is 19.3 Å². The zero-order valence-corrected chi connectivity index (χ0v) is 12.3. The first kappa shape index (κ1) is 14.0. The predicted octanol–water partition coefficient (Wildman–Crippen LogP) is 3.29. The molecule has 2 aromatic carbocycles. The summed E-state index contributed by atoms with van der Waals surface area (Å²) in [6.07, 6.45) is 2.18. The van der Waals surface area contributed by atoms with E-state index < -0.39 is 0 Å². The van der Waals surface area contributed by atoms with Gasteiger partial charge in [-0.3, -0.25) is 0 Å². The van der Waals surface area contributed by atoms with Crippen LogP contribution in [0.4, 0.5) is 5.69 Å². The molecule has 0 radical (unpaired) electrons. The van der Waals surface area contributed by atoms with Crippen LogP contribution < -0.4 is 10.1 Å². The van der Waals surface area contributed by atoms with Gasteiger partial charge in [0.15, 0.2) is 0 Å². The summed E-state index contributed by atoms with van der Waals surface area (Å²) in [6, 6.07) is 17.3. The summed E-state index contributed by atoms with van der Waals surface area (Å²) in [6.45, 7) is 1.18. The molecule has 0 aliphatic heterocycles. The second-order valence-corrected chi connectivity index (χ2v) is 5.39. The quantitative estimate of drug-likeness (QED) is 0.825. The SMILES string of the molecule is COCCOc1cccc(NC2Cc3ccccc3C2)c1. The van der Waals surface area contributed by atoms with E-state index in [4.69, 9.17) is 9.47 Å². The Labute approximate surface area is 125 Å². The zero-order chi connectivity index (χ0) is 14.5. The molecular formula is C18H21NO2. The van der Waals surface area contributed by atoms with Crippen LogP contribution in [-0.2, 0) is 17.6 Å². The van der Waals surface area contributed by atoms with Gasteiger partial charge >= 0.3 is 0 Å². The van der Waals surface area contributed by atoms with Crippen LogP contribution in [0.2, 0.25) is 0 Å². The van der Waals surface area contributed by atoms with Crippen LogP contribution in [-0.4, -0.2) is 26.4 Å². The molecule has 1 N–H and O–H groups in total. The molecule has 1 aliphatic rings. The monoisotopic (exact) mass is 283 g/mol. The van der Waals surface area contributed by atoms with E-state index in [2.05, 4.69) is 41.7 Å².